The van der Waals surface area contributed by atoms with Gasteiger partial charge in [0.2, 0.25) is 5.91 Å². The topological polar surface area (TPSA) is 53.0 Å². The van der Waals surface area contributed by atoms with E-state index < -0.39 is 5.60 Å². The molecule has 1 aliphatic rings. The number of nitrogens with zero attached hydrogens (tertiary/aromatic N) is 2. The summed E-state index contributed by atoms with van der Waals surface area (Å²) in [5.41, 5.74) is 0.559. The van der Waals surface area contributed by atoms with Crippen molar-refractivity contribution in [3.8, 4) is 5.75 Å². The highest BCUT2D eigenvalue weighted by atomic mass is 16.5. The standard InChI is InChI=1S/C19H30N2O3/c1-19(2,23)15-20-11-13-21(14-12-20)18(22)6-4-5-16-7-9-17(24-3)10-8-16/h7-10,23H,4-6,11-15H2,1-3H3. The largest absolute Gasteiger partial charge is 0.497 e. The zero-order chi connectivity index (χ0) is 17.6. The van der Waals surface area contributed by atoms with Crippen LogP contribution in [0.1, 0.15) is 32.3 Å². The molecule has 0 saturated carbocycles. The molecule has 0 aliphatic carbocycles. The van der Waals surface area contributed by atoms with Gasteiger partial charge < -0.3 is 14.7 Å². The highest BCUT2D eigenvalue weighted by Crippen LogP contribution is 2.14. The van der Waals surface area contributed by atoms with Crippen LogP contribution in [0.2, 0.25) is 0 Å². The summed E-state index contributed by atoms with van der Waals surface area (Å²) in [5, 5.41) is 9.87. The number of carbonyl (C=O) groups excluding carboxylic acids is 1. The number of carbonyl (C=O) groups is 1. The number of ether oxygens (including phenoxy) is 1. The zero-order valence-electron chi connectivity index (χ0n) is 15.1. The fourth-order valence-corrected chi connectivity index (χ4v) is 3.10. The second-order valence-electron chi connectivity index (χ2n) is 7.17. The second kappa shape index (κ2) is 8.49. The first-order chi connectivity index (χ1) is 11.4. The van der Waals surface area contributed by atoms with Crippen molar-refractivity contribution in [2.75, 3.05) is 39.8 Å². The fraction of sp³-hybridized carbons (Fsp3) is 0.632. The number of hydrogen-bond acceptors (Lipinski definition) is 4. The lowest BCUT2D eigenvalue weighted by atomic mass is 10.1. The number of rotatable bonds is 7. The summed E-state index contributed by atoms with van der Waals surface area (Å²) in [6.45, 7) is 7.51. The maximum atomic E-state index is 12.3. The lowest BCUT2D eigenvalue weighted by Gasteiger charge is -2.37. The van der Waals surface area contributed by atoms with Crippen molar-refractivity contribution in [3.63, 3.8) is 0 Å². The Bertz CT molecular complexity index is 514. The number of benzene rings is 1. The van der Waals surface area contributed by atoms with Gasteiger partial charge in [0.25, 0.3) is 0 Å². The third-order valence-electron chi connectivity index (χ3n) is 4.35. The number of hydrogen-bond donors (Lipinski definition) is 1. The maximum Gasteiger partial charge on any atom is 0.222 e. The molecule has 1 N–H and O–H groups in total. The summed E-state index contributed by atoms with van der Waals surface area (Å²) >= 11 is 0. The average molecular weight is 334 g/mol. The molecule has 1 fully saturated rings. The Balaban J connectivity index is 1.68. The Labute approximate surface area is 145 Å². The van der Waals surface area contributed by atoms with Gasteiger partial charge in [-0.15, -0.1) is 0 Å². The van der Waals surface area contributed by atoms with Crippen LogP contribution in [0.15, 0.2) is 24.3 Å². The Kier molecular flexibility index (Phi) is 6.63. The van der Waals surface area contributed by atoms with E-state index >= 15 is 0 Å². The van der Waals surface area contributed by atoms with Crippen molar-refractivity contribution in [2.24, 2.45) is 0 Å². The van der Waals surface area contributed by atoms with Crippen LogP contribution in [-0.4, -0.2) is 66.2 Å². The minimum Gasteiger partial charge on any atom is -0.497 e. The van der Waals surface area contributed by atoms with Gasteiger partial charge in [0.1, 0.15) is 5.75 Å². The monoisotopic (exact) mass is 334 g/mol. The Morgan fingerprint density at radius 1 is 1.17 bits per heavy atom. The fourth-order valence-electron chi connectivity index (χ4n) is 3.10. The molecule has 0 bridgehead atoms. The lowest BCUT2D eigenvalue weighted by molar-refractivity contribution is -0.133. The molecule has 1 aliphatic heterocycles. The number of amides is 1. The van der Waals surface area contributed by atoms with Crippen LogP contribution in [-0.2, 0) is 11.2 Å². The van der Waals surface area contributed by atoms with Gasteiger partial charge in [0, 0.05) is 39.1 Å². The van der Waals surface area contributed by atoms with E-state index in [-0.39, 0.29) is 5.91 Å². The van der Waals surface area contributed by atoms with Gasteiger partial charge in [-0.25, -0.2) is 0 Å². The molecule has 134 valence electrons. The Morgan fingerprint density at radius 3 is 2.33 bits per heavy atom. The molecular formula is C19H30N2O3. The van der Waals surface area contributed by atoms with Crippen LogP contribution in [0.4, 0.5) is 0 Å². The van der Waals surface area contributed by atoms with Crippen molar-refractivity contribution in [3.05, 3.63) is 29.8 Å². The van der Waals surface area contributed by atoms with E-state index in [1.165, 1.54) is 5.56 Å². The molecule has 1 saturated heterocycles. The SMILES string of the molecule is COc1ccc(CCCC(=O)N2CCN(CC(C)(C)O)CC2)cc1. The van der Waals surface area contributed by atoms with Crippen LogP contribution < -0.4 is 4.74 Å². The van der Waals surface area contributed by atoms with E-state index in [1.807, 2.05) is 30.9 Å². The van der Waals surface area contributed by atoms with Crippen LogP contribution in [0.3, 0.4) is 0 Å². The summed E-state index contributed by atoms with van der Waals surface area (Å²) in [6, 6.07) is 8.02. The van der Waals surface area contributed by atoms with Crippen molar-refractivity contribution in [2.45, 2.75) is 38.7 Å². The average Bonchev–Trinajstić information content (AvgIpc) is 2.54. The quantitative estimate of drug-likeness (QED) is 0.828. The summed E-state index contributed by atoms with van der Waals surface area (Å²) < 4.78 is 5.15. The first-order valence-electron chi connectivity index (χ1n) is 8.73. The second-order valence-corrected chi connectivity index (χ2v) is 7.17. The number of aryl methyl sites for hydroxylation is 1. The van der Waals surface area contributed by atoms with Crippen molar-refractivity contribution in [1.82, 2.24) is 9.80 Å². The molecule has 0 radical (unpaired) electrons. The van der Waals surface area contributed by atoms with Gasteiger partial charge in [0.05, 0.1) is 12.7 Å². The minimum absolute atomic E-state index is 0.242. The van der Waals surface area contributed by atoms with E-state index in [4.69, 9.17) is 4.74 Å². The highest BCUT2D eigenvalue weighted by molar-refractivity contribution is 5.76. The molecule has 5 heteroatoms. The number of piperazine rings is 1. The molecular weight excluding hydrogens is 304 g/mol. The highest BCUT2D eigenvalue weighted by Gasteiger charge is 2.24. The lowest BCUT2D eigenvalue weighted by Crippen LogP contribution is -2.51. The number of aliphatic hydroxyl groups is 1. The third-order valence-corrected chi connectivity index (χ3v) is 4.35. The molecule has 24 heavy (non-hydrogen) atoms. The van der Waals surface area contributed by atoms with Crippen LogP contribution in [0, 0.1) is 0 Å². The molecule has 2 rings (SSSR count). The molecule has 1 amide bonds. The Morgan fingerprint density at radius 2 is 1.79 bits per heavy atom. The number of β-amino-alcohol motifs (C(OH)–C–C–N with tert-alkyl or cyclic N) is 1. The van der Waals surface area contributed by atoms with Crippen molar-refractivity contribution >= 4 is 5.91 Å². The van der Waals surface area contributed by atoms with Gasteiger partial charge in [-0.05, 0) is 44.4 Å². The van der Waals surface area contributed by atoms with E-state index in [0.717, 1.165) is 44.8 Å². The predicted molar refractivity (Wildman–Crippen MR) is 95.2 cm³/mol. The molecule has 1 aromatic carbocycles. The van der Waals surface area contributed by atoms with E-state index in [2.05, 4.69) is 17.0 Å². The van der Waals surface area contributed by atoms with Gasteiger partial charge in [0.15, 0.2) is 0 Å². The van der Waals surface area contributed by atoms with Crippen molar-refractivity contribution in [1.29, 1.82) is 0 Å². The smallest absolute Gasteiger partial charge is 0.222 e. The van der Waals surface area contributed by atoms with Crippen molar-refractivity contribution < 1.29 is 14.6 Å². The van der Waals surface area contributed by atoms with E-state index in [0.29, 0.717) is 13.0 Å². The molecule has 1 aromatic rings. The predicted octanol–water partition coefficient (Wildman–Crippen LogP) is 1.93. The molecule has 0 aromatic heterocycles. The zero-order valence-corrected chi connectivity index (χ0v) is 15.1. The maximum absolute atomic E-state index is 12.3. The van der Waals surface area contributed by atoms with Gasteiger partial charge >= 0.3 is 0 Å². The van der Waals surface area contributed by atoms with Gasteiger partial charge in [-0.3, -0.25) is 9.69 Å². The summed E-state index contributed by atoms with van der Waals surface area (Å²) in [7, 11) is 1.66. The molecule has 1 heterocycles. The molecule has 0 atom stereocenters. The minimum atomic E-state index is -0.676. The molecule has 0 spiro atoms. The third kappa shape index (κ3) is 6.13. The normalized spacial score (nSPS) is 16.2. The summed E-state index contributed by atoms with van der Waals surface area (Å²) in [6.07, 6.45) is 2.38. The van der Waals surface area contributed by atoms with Gasteiger partial charge in [-0.2, -0.15) is 0 Å². The molecule has 0 unspecified atom stereocenters. The van der Waals surface area contributed by atoms with Crippen LogP contribution in [0.25, 0.3) is 0 Å². The number of methoxy groups -OCH3 is 1. The first-order valence-corrected chi connectivity index (χ1v) is 8.73. The van der Waals surface area contributed by atoms with Crippen LogP contribution in [0.5, 0.6) is 5.75 Å². The Hall–Kier alpha value is -1.59. The van der Waals surface area contributed by atoms with E-state index in [1.54, 1.807) is 7.11 Å². The van der Waals surface area contributed by atoms with Crippen LogP contribution >= 0.6 is 0 Å². The summed E-state index contributed by atoms with van der Waals surface area (Å²) in [5.74, 6) is 1.10. The van der Waals surface area contributed by atoms with Gasteiger partial charge in [-0.1, -0.05) is 12.1 Å². The van der Waals surface area contributed by atoms with E-state index in [9.17, 15) is 9.90 Å². The summed E-state index contributed by atoms with van der Waals surface area (Å²) in [4.78, 5) is 16.5. The first kappa shape index (κ1) is 18.7. The molecule has 5 nitrogen and oxygen atoms in total.